The molecule has 2 aromatic heterocycles. The Kier molecular flexibility index (Phi) is 8.69. The number of benzene rings is 1. The number of anilines is 2. The van der Waals surface area contributed by atoms with Crippen LogP contribution in [0.3, 0.4) is 0 Å². The lowest BCUT2D eigenvalue weighted by Crippen LogP contribution is -2.22. The van der Waals surface area contributed by atoms with E-state index in [-0.39, 0.29) is 41.6 Å². The molecule has 0 aliphatic rings. The number of aliphatic hydroxyl groups is 2. The van der Waals surface area contributed by atoms with Crippen molar-refractivity contribution in [2.75, 3.05) is 36.9 Å². The van der Waals surface area contributed by atoms with Crippen molar-refractivity contribution in [2.45, 2.75) is 12.8 Å². The molecule has 1 aromatic carbocycles. The van der Waals surface area contributed by atoms with Gasteiger partial charge in [0.25, 0.3) is 11.9 Å². The Balaban J connectivity index is 0.000000537. The van der Waals surface area contributed by atoms with Crippen LogP contribution in [0, 0.1) is 0 Å². The van der Waals surface area contributed by atoms with E-state index in [1.165, 1.54) is 0 Å². The van der Waals surface area contributed by atoms with E-state index < -0.39 is 5.91 Å². The Morgan fingerprint density at radius 2 is 1.97 bits per heavy atom. The quantitative estimate of drug-likeness (QED) is 0.271. The van der Waals surface area contributed by atoms with E-state index in [2.05, 4.69) is 31.3 Å². The molecule has 0 spiro atoms. The second-order valence-electron chi connectivity index (χ2n) is 5.69. The third kappa shape index (κ3) is 6.07. The monoisotopic (exact) mass is 405 g/mol. The maximum absolute atomic E-state index is 12.6. The topological polar surface area (TPSA) is 192 Å². The molecule has 156 valence electrons. The summed E-state index contributed by atoms with van der Waals surface area (Å²) in [6.45, 7) is 1.07. The lowest BCUT2D eigenvalue weighted by atomic mass is 10.2. The van der Waals surface area contributed by atoms with Gasteiger partial charge in [0, 0.05) is 19.8 Å². The average molecular weight is 405 g/mol. The molecule has 12 nitrogen and oxygen atoms in total. The molecule has 3 aromatic rings. The Bertz CT molecular complexity index is 956. The largest absolute Gasteiger partial charge is 0.448 e. The number of tetrazole rings is 1. The predicted molar refractivity (Wildman–Crippen MR) is 106 cm³/mol. The molecule has 0 fully saturated rings. The minimum absolute atomic E-state index is 0.0168. The number of para-hydroxylation sites is 1. The summed E-state index contributed by atoms with van der Waals surface area (Å²) in [6.07, 6.45) is 1.14. The molecule has 0 aliphatic heterocycles. The second-order valence-corrected chi connectivity index (χ2v) is 5.69. The summed E-state index contributed by atoms with van der Waals surface area (Å²) in [4.78, 5) is 25.0. The fourth-order valence-electron chi connectivity index (χ4n) is 2.22. The number of H-pyrrole nitrogens is 1. The van der Waals surface area contributed by atoms with Crippen molar-refractivity contribution in [2.24, 2.45) is 5.73 Å². The van der Waals surface area contributed by atoms with Gasteiger partial charge >= 0.3 is 0 Å². The number of nitrogens with two attached hydrogens (primary N) is 1. The van der Waals surface area contributed by atoms with Gasteiger partial charge in [-0.2, -0.15) is 5.21 Å². The van der Waals surface area contributed by atoms with Crippen LogP contribution in [0.2, 0.25) is 0 Å². The standard InChI is InChI=1S/C14H14N6O4.C3H9NO/c21-7-3-6-15-10-11(22)8-4-1-2-5-9(8)24-12(10)13(23)16-14-17-19-20-18-14;4-2-1-3-5/h1-2,4-5,15,21H,3,6-7H2,(H2,16,17,18,19,20,23);5H,1-4H2. The number of amides is 1. The van der Waals surface area contributed by atoms with E-state index in [0.717, 1.165) is 6.42 Å². The summed E-state index contributed by atoms with van der Waals surface area (Å²) in [6, 6.07) is 6.61. The molecule has 2 heterocycles. The zero-order valence-corrected chi connectivity index (χ0v) is 15.6. The van der Waals surface area contributed by atoms with Crippen molar-refractivity contribution in [3.8, 4) is 0 Å². The van der Waals surface area contributed by atoms with Crippen molar-refractivity contribution in [1.82, 2.24) is 20.6 Å². The summed E-state index contributed by atoms with van der Waals surface area (Å²) in [5.74, 6) is -0.927. The van der Waals surface area contributed by atoms with Crippen molar-refractivity contribution in [3.63, 3.8) is 0 Å². The fraction of sp³-hybridized carbons (Fsp3) is 0.353. The summed E-state index contributed by atoms with van der Waals surface area (Å²) in [5.41, 5.74) is 4.91. The first kappa shape index (κ1) is 21.9. The molecule has 7 N–H and O–H groups in total. The molecule has 0 atom stereocenters. The van der Waals surface area contributed by atoms with Crippen molar-refractivity contribution in [3.05, 3.63) is 40.2 Å². The van der Waals surface area contributed by atoms with E-state index >= 15 is 0 Å². The summed E-state index contributed by atoms with van der Waals surface area (Å²) >= 11 is 0. The molecular formula is C17H23N7O5. The lowest BCUT2D eigenvalue weighted by molar-refractivity contribution is 0.0997. The molecule has 0 unspecified atom stereocenters. The van der Waals surface area contributed by atoms with Gasteiger partial charge in [-0.3, -0.25) is 14.9 Å². The van der Waals surface area contributed by atoms with Crippen molar-refractivity contribution in [1.29, 1.82) is 0 Å². The van der Waals surface area contributed by atoms with Gasteiger partial charge in [0.1, 0.15) is 11.3 Å². The molecule has 0 saturated heterocycles. The Morgan fingerprint density at radius 3 is 2.59 bits per heavy atom. The molecule has 12 heteroatoms. The van der Waals surface area contributed by atoms with Crippen molar-refractivity contribution < 1.29 is 19.4 Å². The highest BCUT2D eigenvalue weighted by atomic mass is 16.3. The highest BCUT2D eigenvalue weighted by Gasteiger charge is 2.21. The van der Waals surface area contributed by atoms with Crippen LogP contribution in [0.15, 0.2) is 33.5 Å². The number of aromatic nitrogens is 4. The Hall–Kier alpha value is -3.35. The number of aromatic amines is 1. The number of aliphatic hydroxyl groups excluding tert-OH is 2. The van der Waals surface area contributed by atoms with Crippen LogP contribution in [0.4, 0.5) is 11.6 Å². The van der Waals surface area contributed by atoms with E-state index in [1.54, 1.807) is 24.3 Å². The van der Waals surface area contributed by atoms with Gasteiger partial charge in [0.15, 0.2) is 0 Å². The second kappa shape index (κ2) is 11.5. The number of hydrogen-bond donors (Lipinski definition) is 6. The number of fused-ring (bicyclic) bond motifs is 1. The number of nitrogens with zero attached hydrogens (tertiary/aromatic N) is 3. The van der Waals surface area contributed by atoms with Gasteiger partial charge in [0.2, 0.25) is 11.2 Å². The van der Waals surface area contributed by atoms with E-state index in [0.29, 0.717) is 24.9 Å². The van der Waals surface area contributed by atoms with Crippen molar-refractivity contribution >= 4 is 28.5 Å². The Morgan fingerprint density at radius 1 is 1.21 bits per heavy atom. The van der Waals surface area contributed by atoms with Gasteiger partial charge in [-0.15, -0.1) is 5.10 Å². The molecule has 0 aliphatic carbocycles. The highest BCUT2D eigenvalue weighted by Crippen LogP contribution is 2.20. The van der Waals surface area contributed by atoms with Crippen LogP contribution in [0.5, 0.6) is 0 Å². The van der Waals surface area contributed by atoms with E-state index in [4.69, 9.17) is 20.4 Å². The fourth-order valence-corrected chi connectivity index (χ4v) is 2.22. The van der Waals surface area contributed by atoms with Crippen LogP contribution in [-0.2, 0) is 0 Å². The highest BCUT2D eigenvalue weighted by molar-refractivity contribution is 6.06. The normalized spacial score (nSPS) is 10.3. The Labute approximate surface area is 165 Å². The molecule has 0 bridgehead atoms. The van der Waals surface area contributed by atoms with Gasteiger partial charge in [-0.05, 0) is 36.7 Å². The molecule has 3 rings (SSSR count). The lowest BCUT2D eigenvalue weighted by Gasteiger charge is -2.10. The smallest absolute Gasteiger partial charge is 0.296 e. The zero-order valence-electron chi connectivity index (χ0n) is 15.6. The molecule has 0 radical (unpaired) electrons. The number of hydrogen-bond acceptors (Lipinski definition) is 10. The first-order valence-corrected chi connectivity index (χ1v) is 8.88. The minimum Gasteiger partial charge on any atom is -0.448 e. The van der Waals surface area contributed by atoms with Gasteiger partial charge in [-0.1, -0.05) is 17.2 Å². The van der Waals surface area contributed by atoms with Crippen LogP contribution in [0.1, 0.15) is 23.4 Å². The number of carbonyl (C=O) groups is 1. The summed E-state index contributed by atoms with van der Waals surface area (Å²) < 4.78 is 5.59. The maximum atomic E-state index is 12.6. The minimum atomic E-state index is -0.689. The zero-order chi connectivity index (χ0) is 21.1. The van der Waals surface area contributed by atoms with Gasteiger partial charge in [0.05, 0.1) is 5.39 Å². The molecule has 1 amide bonds. The van der Waals surface area contributed by atoms with Gasteiger partial charge < -0.3 is 25.7 Å². The third-order valence-electron chi connectivity index (χ3n) is 3.57. The predicted octanol–water partition coefficient (Wildman–Crippen LogP) is -0.320. The van der Waals surface area contributed by atoms with E-state index in [9.17, 15) is 9.59 Å². The van der Waals surface area contributed by atoms with Crippen LogP contribution >= 0.6 is 0 Å². The first-order chi connectivity index (χ1) is 14.1. The number of rotatable bonds is 8. The summed E-state index contributed by atoms with van der Waals surface area (Å²) in [5, 5.41) is 35.2. The van der Waals surface area contributed by atoms with E-state index in [1.807, 2.05) is 0 Å². The molecule has 29 heavy (non-hydrogen) atoms. The SMILES string of the molecule is NCCCO.O=C(Nc1nn[nH]n1)c1oc2ccccc2c(=O)c1NCCCO. The first-order valence-electron chi connectivity index (χ1n) is 8.88. The summed E-state index contributed by atoms with van der Waals surface area (Å²) in [7, 11) is 0. The number of nitrogens with one attached hydrogen (secondary N) is 3. The molecular weight excluding hydrogens is 382 g/mol. The van der Waals surface area contributed by atoms with Crippen LogP contribution in [0.25, 0.3) is 11.0 Å². The van der Waals surface area contributed by atoms with Crippen LogP contribution in [-0.4, -0.2) is 63.0 Å². The maximum Gasteiger partial charge on any atom is 0.296 e. The van der Waals surface area contributed by atoms with Crippen LogP contribution < -0.4 is 21.8 Å². The molecule has 0 saturated carbocycles. The third-order valence-corrected chi connectivity index (χ3v) is 3.57. The average Bonchev–Trinajstić information content (AvgIpc) is 3.24. The number of carbonyl (C=O) groups excluding carboxylic acids is 1. The van der Waals surface area contributed by atoms with Gasteiger partial charge in [-0.25, -0.2) is 0 Å².